The maximum Gasteiger partial charge on any atom is 0.168 e. The van der Waals surface area contributed by atoms with E-state index in [-0.39, 0.29) is 17.0 Å². The van der Waals surface area contributed by atoms with E-state index >= 15 is 0 Å². The Bertz CT molecular complexity index is 426. The van der Waals surface area contributed by atoms with Crippen LogP contribution in [-0.4, -0.2) is 22.6 Å². The van der Waals surface area contributed by atoms with Crippen molar-refractivity contribution in [3.63, 3.8) is 0 Å². The summed E-state index contributed by atoms with van der Waals surface area (Å²) >= 11 is 0. The lowest BCUT2D eigenvalue weighted by Gasteiger charge is -2.30. The Balaban J connectivity index is 2.19. The third kappa shape index (κ3) is 3.46. The average Bonchev–Trinajstić information content (AvgIpc) is 2.27. The maximum atomic E-state index is 12.2. The summed E-state index contributed by atoms with van der Waals surface area (Å²) in [6, 6.07) is 0.344. The van der Waals surface area contributed by atoms with Crippen molar-refractivity contribution in [2.45, 2.75) is 71.8 Å². The molecule has 2 aliphatic carbocycles. The van der Waals surface area contributed by atoms with E-state index in [4.69, 9.17) is 0 Å². The van der Waals surface area contributed by atoms with Crippen LogP contribution >= 0.6 is 0 Å². The number of ketones is 1. The summed E-state index contributed by atoms with van der Waals surface area (Å²) in [4.78, 5) is 16.9. The SMILES string of the molecule is CC(=NC1CCCCC1)C1=C(O)CC(C)(C)CC1=O. The van der Waals surface area contributed by atoms with Gasteiger partial charge in [-0.1, -0.05) is 33.1 Å². The van der Waals surface area contributed by atoms with Crippen LogP contribution in [0.2, 0.25) is 0 Å². The minimum Gasteiger partial charge on any atom is -0.511 e. The zero-order valence-corrected chi connectivity index (χ0v) is 12.3. The lowest BCUT2D eigenvalue weighted by atomic mass is 9.75. The molecule has 0 bridgehead atoms. The summed E-state index contributed by atoms with van der Waals surface area (Å²) in [5.74, 6) is 0.282. The van der Waals surface area contributed by atoms with Gasteiger partial charge in [-0.05, 0) is 25.2 Å². The lowest BCUT2D eigenvalue weighted by Crippen LogP contribution is -2.29. The molecule has 0 amide bonds. The van der Waals surface area contributed by atoms with Crippen LogP contribution in [0.25, 0.3) is 0 Å². The molecule has 3 heteroatoms. The monoisotopic (exact) mass is 263 g/mol. The van der Waals surface area contributed by atoms with Crippen LogP contribution in [0.4, 0.5) is 0 Å². The zero-order chi connectivity index (χ0) is 14.0. The van der Waals surface area contributed by atoms with Gasteiger partial charge in [0.25, 0.3) is 0 Å². The Labute approximate surface area is 115 Å². The van der Waals surface area contributed by atoms with Crippen molar-refractivity contribution in [3.8, 4) is 0 Å². The number of Topliss-reactive ketones (excluding diaryl/α,β-unsaturated/α-hetero) is 1. The van der Waals surface area contributed by atoms with Gasteiger partial charge in [-0.25, -0.2) is 0 Å². The molecule has 0 unspecified atom stereocenters. The molecule has 0 spiro atoms. The number of aliphatic hydroxyl groups is 1. The van der Waals surface area contributed by atoms with Crippen LogP contribution in [-0.2, 0) is 4.79 Å². The summed E-state index contributed by atoms with van der Waals surface area (Å²) in [6.07, 6.45) is 7.07. The largest absolute Gasteiger partial charge is 0.511 e. The smallest absolute Gasteiger partial charge is 0.168 e. The molecule has 0 aromatic rings. The average molecular weight is 263 g/mol. The first kappa shape index (κ1) is 14.3. The second-order valence-electron chi connectivity index (χ2n) is 6.77. The molecule has 1 fully saturated rings. The fourth-order valence-electron chi connectivity index (χ4n) is 3.25. The van der Waals surface area contributed by atoms with Crippen molar-refractivity contribution in [2.24, 2.45) is 10.4 Å². The second kappa shape index (κ2) is 5.48. The number of nitrogens with zero attached hydrogens (tertiary/aromatic N) is 1. The Morgan fingerprint density at radius 2 is 1.84 bits per heavy atom. The summed E-state index contributed by atoms with van der Waals surface area (Å²) < 4.78 is 0. The molecule has 2 rings (SSSR count). The Kier molecular flexibility index (Phi) is 4.12. The Hall–Kier alpha value is -1.12. The van der Waals surface area contributed by atoms with Gasteiger partial charge in [0.2, 0.25) is 0 Å². The standard InChI is InChI=1S/C16H25NO2/c1-11(17-12-7-5-4-6-8-12)15-13(18)9-16(2,3)10-14(15)19/h12,18H,4-10H2,1-3H3. The van der Waals surface area contributed by atoms with Gasteiger partial charge in [-0.2, -0.15) is 0 Å². The minimum atomic E-state index is -0.129. The molecule has 19 heavy (non-hydrogen) atoms. The second-order valence-corrected chi connectivity index (χ2v) is 6.77. The van der Waals surface area contributed by atoms with Gasteiger partial charge in [-0.15, -0.1) is 0 Å². The third-order valence-corrected chi connectivity index (χ3v) is 4.17. The van der Waals surface area contributed by atoms with Gasteiger partial charge in [0, 0.05) is 18.6 Å². The molecule has 0 atom stereocenters. The number of rotatable bonds is 2. The molecule has 0 heterocycles. The highest BCUT2D eigenvalue weighted by Gasteiger charge is 2.34. The summed E-state index contributed by atoms with van der Waals surface area (Å²) in [5.41, 5.74) is 1.10. The first-order valence-electron chi connectivity index (χ1n) is 7.39. The van der Waals surface area contributed by atoms with Gasteiger partial charge in [-0.3, -0.25) is 9.79 Å². The molecule has 0 aromatic carbocycles. The van der Waals surface area contributed by atoms with Crippen molar-refractivity contribution in [3.05, 3.63) is 11.3 Å². The fraction of sp³-hybridized carbons (Fsp3) is 0.750. The normalized spacial score (nSPS) is 25.8. The lowest BCUT2D eigenvalue weighted by molar-refractivity contribution is -0.117. The van der Waals surface area contributed by atoms with Crippen molar-refractivity contribution in [1.29, 1.82) is 0 Å². The molecular weight excluding hydrogens is 238 g/mol. The first-order valence-corrected chi connectivity index (χ1v) is 7.39. The number of carbonyl (C=O) groups excluding carboxylic acids is 1. The molecule has 1 N–H and O–H groups in total. The summed E-state index contributed by atoms with van der Waals surface area (Å²) in [7, 11) is 0. The molecule has 106 valence electrons. The van der Waals surface area contributed by atoms with E-state index < -0.39 is 0 Å². The van der Waals surface area contributed by atoms with Gasteiger partial charge in [0.1, 0.15) is 5.76 Å². The number of allylic oxidation sites excluding steroid dienone is 2. The van der Waals surface area contributed by atoms with Crippen LogP contribution < -0.4 is 0 Å². The number of hydrogen-bond acceptors (Lipinski definition) is 3. The van der Waals surface area contributed by atoms with E-state index in [2.05, 4.69) is 4.99 Å². The number of aliphatic hydroxyl groups excluding tert-OH is 1. The predicted molar refractivity (Wildman–Crippen MR) is 77.7 cm³/mol. The minimum absolute atomic E-state index is 0.0470. The van der Waals surface area contributed by atoms with Crippen molar-refractivity contribution < 1.29 is 9.90 Å². The maximum absolute atomic E-state index is 12.2. The number of aliphatic imine (C=N–C) groups is 1. The van der Waals surface area contributed by atoms with E-state index in [1.165, 1.54) is 19.3 Å². The van der Waals surface area contributed by atoms with Crippen LogP contribution in [0, 0.1) is 5.41 Å². The molecule has 1 saturated carbocycles. The van der Waals surface area contributed by atoms with Gasteiger partial charge < -0.3 is 5.11 Å². The van der Waals surface area contributed by atoms with E-state index in [1.54, 1.807) is 0 Å². The van der Waals surface area contributed by atoms with Crippen LogP contribution in [0.5, 0.6) is 0 Å². The molecule has 2 aliphatic rings. The quantitative estimate of drug-likeness (QED) is 0.766. The highest BCUT2D eigenvalue weighted by molar-refractivity contribution is 6.22. The van der Waals surface area contributed by atoms with Crippen LogP contribution in [0.15, 0.2) is 16.3 Å². The van der Waals surface area contributed by atoms with Crippen molar-refractivity contribution in [2.75, 3.05) is 0 Å². The van der Waals surface area contributed by atoms with E-state index in [0.717, 1.165) is 18.6 Å². The Morgan fingerprint density at radius 1 is 1.21 bits per heavy atom. The Morgan fingerprint density at radius 3 is 2.42 bits per heavy atom. The predicted octanol–water partition coefficient (Wildman–Crippen LogP) is 3.98. The topological polar surface area (TPSA) is 49.7 Å². The molecule has 0 aromatic heterocycles. The van der Waals surface area contributed by atoms with Crippen molar-refractivity contribution in [1.82, 2.24) is 0 Å². The van der Waals surface area contributed by atoms with Gasteiger partial charge in [0.15, 0.2) is 5.78 Å². The number of hydrogen-bond donors (Lipinski definition) is 1. The molecule has 0 aliphatic heterocycles. The van der Waals surface area contributed by atoms with Crippen LogP contribution in [0.1, 0.15) is 65.7 Å². The molecule has 0 saturated heterocycles. The zero-order valence-electron chi connectivity index (χ0n) is 12.3. The van der Waals surface area contributed by atoms with Crippen LogP contribution in [0.3, 0.4) is 0 Å². The van der Waals surface area contributed by atoms with E-state index in [0.29, 0.717) is 24.5 Å². The highest BCUT2D eigenvalue weighted by Crippen LogP contribution is 2.36. The van der Waals surface area contributed by atoms with Crippen molar-refractivity contribution >= 4 is 11.5 Å². The molecule has 0 radical (unpaired) electrons. The summed E-state index contributed by atoms with van der Waals surface area (Å²) in [5, 5.41) is 10.2. The molecule has 3 nitrogen and oxygen atoms in total. The highest BCUT2D eigenvalue weighted by atomic mass is 16.3. The number of carbonyl (C=O) groups is 1. The molecular formula is C16H25NO2. The summed E-state index contributed by atoms with van der Waals surface area (Å²) in [6.45, 7) is 5.91. The third-order valence-electron chi connectivity index (χ3n) is 4.17. The fourth-order valence-corrected chi connectivity index (χ4v) is 3.25. The van der Waals surface area contributed by atoms with E-state index in [1.807, 2.05) is 20.8 Å². The first-order chi connectivity index (χ1) is 8.89. The van der Waals surface area contributed by atoms with Gasteiger partial charge >= 0.3 is 0 Å². The van der Waals surface area contributed by atoms with Gasteiger partial charge in [0.05, 0.1) is 11.6 Å². The van der Waals surface area contributed by atoms with E-state index in [9.17, 15) is 9.90 Å².